The molecule has 2 atom stereocenters. The Kier molecular flexibility index (Phi) is 8.46. The fraction of sp³-hybridized carbons (Fsp3) is 0.333. The van der Waals surface area contributed by atoms with Crippen molar-refractivity contribution in [3.05, 3.63) is 83.7 Å². The van der Waals surface area contributed by atoms with Crippen LogP contribution < -0.4 is 10.1 Å². The Balaban J connectivity index is 1.42. The lowest BCUT2D eigenvalue weighted by atomic mass is 10.1. The molecule has 9 heteroatoms. The van der Waals surface area contributed by atoms with Crippen molar-refractivity contribution in [3.8, 4) is 5.75 Å². The third kappa shape index (κ3) is 6.37. The Bertz CT molecular complexity index is 1180. The summed E-state index contributed by atoms with van der Waals surface area (Å²) in [7, 11) is 2.95. The van der Waals surface area contributed by atoms with Crippen LogP contribution in [0, 0.1) is 0 Å². The zero-order chi connectivity index (χ0) is 25.3. The molecule has 0 aliphatic carbocycles. The largest absolute Gasteiger partial charge is 0.497 e. The molecule has 188 valence electrons. The first-order valence-electron chi connectivity index (χ1n) is 11.9. The number of esters is 1. The maximum atomic E-state index is 13.2. The average molecular weight is 490 g/mol. The van der Waals surface area contributed by atoms with Crippen LogP contribution in [0.5, 0.6) is 5.75 Å². The Morgan fingerprint density at radius 3 is 2.61 bits per heavy atom. The van der Waals surface area contributed by atoms with Gasteiger partial charge in [0.05, 0.1) is 32.5 Å². The first kappa shape index (κ1) is 25.1. The van der Waals surface area contributed by atoms with E-state index in [1.807, 2.05) is 48.5 Å². The van der Waals surface area contributed by atoms with Crippen molar-refractivity contribution in [2.24, 2.45) is 0 Å². The van der Waals surface area contributed by atoms with Crippen molar-refractivity contribution in [3.63, 3.8) is 0 Å². The number of aromatic nitrogens is 3. The van der Waals surface area contributed by atoms with Crippen molar-refractivity contribution in [2.75, 3.05) is 33.9 Å². The minimum Gasteiger partial charge on any atom is -0.497 e. The molecule has 1 amide bonds. The van der Waals surface area contributed by atoms with Crippen LogP contribution >= 0.6 is 0 Å². The number of carbonyl (C=O) groups is 2. The molecule has 0 saturated carbocycles. The molecule has 1 aliphatic heterocycles. The van der Waals surface area contributed by atoms with Crippen molar-refractivity contribution in [2.45, 2.75) is 24.9 Å². The number of ether oxygens (including phenoxy) is 2. The second kappa shape index (κ2) is 12.1. The van der Waals surface area contributed by atoms with Crippen molar-refractivity contribution < 1.29 is 19.1 Å². The minimum absolute atomic E-state index is 0.0143. The van der Waals surface area contributed by atoms with Gasteiger partial charge < -0.3 is 14.8 Å². The van der Waals surface area contributed by atoms with E-state index < -0.39 is 5.97 Å². The molecule has 9 nitrogen and oxygen atoms in total. The summed E-state index contributed by atoms with van der Waals surface area (Å²) < 4.78 is 11.6. The topological polar surface area (TPSA) is 98.6 Å². The molecule has 3 aromatic rings. The Labute approximate surface area is 210 Å². The number of hydrogen-bond donors (Lipinski definition) is 1. The van der Waals surface area contributed by atoms with E-state index in [1.165, 1.54) is 12.7 Å². The number of rotatable bonds is 10. The number of amides is 1. The number of methoxy groups -OCH3 is 2. The molecule has 1 N–H and O–H groups in total. The van der Waals surface area contributed by atoms with Gasteiger partial charge in [0.25, 0.3) is 0 Å². The number of hydrogen-bond acceptors (Lipinski definition) is 7. The molecule has 1 aromatic heterocycles. The zero-order valence-electron chi connectivity index (χ0n) is 20.5. The van der Waals surface area contributed by atoms with E-state index in [0.717, 1.165) is 17.7 Å². The molecule has 2 heterocycles. The van der Waals surface area contributed by atoms with Gasteiger partial charge in [-0.2, -0.15) is 0 Å². The smallest absolute Gasteiger partial charge is 0.360 e. The van der Waals surface area contributed by atoms with Gasteiger partial charge in [-0.1, -0.05) is 59.8 Å². The van der Waals surface area contributed by atoms with Crippen LogP contribution in [0.3, 0.4) is 0 Å². The minimum atomic E-state index is -0.534. The second-order valence-corrected chi connectivity index (χ2v) is 8.64. The van der Waals surface area contributed by atoms with Gasteiger partial charge in [-0.05, 0) is 36.1 Å². The highest BCUT2D eigenvalue weighted by Gasteiger charge is 2.37. The van der Waals surface area contributed by atoms with Crippen molar-refractivity contribution >= 4 is 18.0 Å². The average Bonchev–Trinajstić information content (AvgIpc) is 3.57. The van der Waals surface area contributed by atoms with Gasteiger partial charge in [0.2, 0.25) is 5.91 Å². The van der Waals surface area contributed by atoms with Gasteiger partial charge in [-0.25, -0.2) is 9.48 Å². The maximum Gasteiger partial charge on any atom is 0.360 e. The zero-order valence-corrected chi connectivity index (χ0v) is 20.5. The molecular formula is C27H31N5O4. The number of nitrogens with zero attached hydrogens (tertiary/aromatic N) is 4. The standard InChI is InChI=1S/C27H31N5O4/c1-35-23-12-10-21(11-13-23)9-6-16-31-18-22(32-19-24(29-30-32)27(34)36-2)17-25(31)26(33)28-15-14-20-7-4-3-5-8-20/h3-13,19,22,25H,14-18H2,1-2H3,(H,28,33)/t22-,25-/m0/s1. The van der Waals surface area contributed by atoms with E-state index in [0.29, 0.717) is 26.1 Å². The third-order valence-corrected chi connectivity index (χ3v) is 6.28. The van der Waals surface area contributed by atoms with Gasteiger partial charge in [-0.15, -0.1) is 5.10 Å². The van der Waals surface area contributed by atoms with E-state index >= 15 is 0 Å². The fourth-order valence-corrected chi connectivity index (χ4v) is 4.33. The predicted molar refractivity (Wildman–Crippen MR) is 136 cm³/mol. The van der Waals surface area contributed by atoms with E-state index in [4.69, 9.17) is 9.47 Å². The number of benzene rings is 2. The lowest BCUT2D eigenvalue weighted by Gasteiger charge is -2.22. The summed E-state index contributed by atoms with van der Waals surface area (Å²) in [5, 5.41) is 11.1. The van der Waals surface area contributed by atoms with E-state index in [9.17, 15) is 9.59 Å². The molecule has 0 unspecified atom stereocenters. The first-order chi connectivity index (χ1) is 17.6. The molecule has 2 aromatic carbocycles. The summed E-state index contributed by atoms with van der Waals surface area (Å²) in [6, 6.07) is 17.5. The van der Waals surface area contributed by atoms with Gasteiger partial charge >= 0.3 is 5.97 Å². The third-order valence-electron chi connectivity index (χ3n) is 6.28. The SMILES string of the molecule is COC(=O)c1cn([C@H]2C[C@@H](C(=O)NCCc3ccccc3)N(CC=Cc3ccc(OC)cc3)C2)nn1. The number of nitrogens with one attached hydrogen (secondary N) is 1. The van der Waals surface area contributed by atoms with Crippen molar-refractivity contribution in [1.82, 2.24) is 25.2 Å². The molecule has 0 radical (unpaired) electrons. The predicted octanol–water partition coefficient (Wildman–Crippen LogP) is 2.76. The molecule has 0 spiro atoms. The Morgan fingerprint density at radius 2 is 1.89 bits per heavy atom. The molecular weight excluding hydrogens is 458 g/mol. The summed E-state index contributed by atoms with van der Waals surface area (Å²) in [5.74, 6) is 0.259. The van der Waals surface area contributed by atoms with Crippen LogP contribution in [0.1, 0.15) is 34.1 Å². The summed E-state index contributed by atoms with van der Waals surface area (Å²) in [4.78, 5) is 27.1. The van der Waals surface area contributed by atoms with Gasteiger partial charge in [0, 0.05) is 19.6 Å². The van der Waals surface area contributed by atoms with Crippen LogP contribution in [0.4, 0.5) is 0 Å². The molecule has 1 fully saturated rings. The molecule has 1 aliphatic rings. The lowest BCUT2D eigenvalue weighted by molar-refractivity contribution is -0.125. The van der Waals surface area contributed by atoms with Crippen LogP contribution in [0.15, 0.2) is 66.9 Å². The van der Waals surface area contributed by atoms with Crippen LogP contribution in [0.25, 0.3) is 6.08 Å². The highest BCUT2D eigenvalue weighted by molar-refractivity contribution is 5.86. The summed E-state index contributed by atoms with van der Waals surface area (Å²) >= 11 is 0. The molecule has 0 bridgehead atoms. The lowest BCUT2D eigenvalue weighted by Crippen LogP contribution is -2.43. The van der Waals surface area contributed by atoms with Crippen LogP contribution in [-0.4, -0.2) is 71.7 Å². The highest BCUT2D eigenvalue weighted by Crippen LogP contribution is 2.27. The quantitative estimate of drug-likeness (QED) is 0.437. The molecule has 4 rings (SSSR count). The number of carbonyl (C=O) groups excluding carboxylic acids is 2. The normalized spacial score (nSPS) is 17.8. The monoisotopic (exact) mass is 489 g/mol. The fourth-order valence-electron chi connectivity index (χ4n) is 4.33. The Morgan fingerprint density at radius 1 is 1.11 bits per heavy atom. The van der Waals surface area contributed by atoms with Crippen molar-refractivity contribution in [1.29, 1.82) is 0 Å². The van der Waals surface area contributed by atoms with E-state index in [2.05, 4.69) is 38.7 Å². The van der Waals surface area contributed by atoms with Crippen LogP contribution in [-0.2, 0) is 16.0 Å². The summed E-state index contributed by atoms with van der Waals surface area (Å²) in [5.41, 5.74) is 2.38. The van der Waals surface area contributed by atoms with E-state index in [1.54, 1.807) is 18.0 Å². The summed E-state index contributed by atoms with van der Waals surface area (Å²) in [6.45, 7) is 1.76. The van der Waals surface area contributed by atoms with Gasteiger partial charge in [-0.3, -0.25) is 9.69 Å². The van der Waals surface area contributed by atoms with Crippen LogP contribution in [0.2, 0.25) is 0 Å². The van der Waals surface area contributed by atoms with Gasteiger partial charge in [0.1, 0.15) is 5.75 Å². The highest BCUT2D eigenvalue weighted by atomic mass is 16.5. The molecule has 1 saturated heterocycles. The summed E-state index contributed by atoms with van der Waals surface area (Å²) in [6.07, 6.45) is 7.00. The Hall–Kier alpha value is -3.98. The first-order valence-corrected chi connectivity index (χ1v) is 11.9. The maximum absolute atomic E-state index is 13.2. The van der Waals surface area contributed by atoms with E-state index in [-0.39, 0.29) is 23.7 Å². The number of likely N-dealkylation sites (tertiary alicyclic amines) is 1. The second-order valence-electron chi connectivity index (χ2n) is 8.64. The molecule has 36 heavy (non-hydrogen) atoms. The van der Waals surface area contributed by atoms with Gasteiger partial charge in [0.15, 0.2) is 5.69 Å².